The molecule has 0 radical (unpaired) electrons. The number of hydrogen-bond acceptors (Lipinski definition) is 4. The van der Waals surface area contributed by atoms with E-state index < -0.39 is 23.4 Å². The Morgan fingerprint density at radius 2 is 1.48 bits per heavy atom. The Bertz CT molecular complexity index is 1230. The number of hydrogen-bond donors (Lipinski definition) is 1. The number of ether oxygens (including phenoxy) is 1. The molecule has 3 aromatic carbocycles. The van der Waals surface area contributed by atoms with Crippen LogP contribution in [-0.4, -0.2) is 29.6 Å². The number of imide groups is 1. The number of anilines is 1. The molecule has 0 saturated carbocycles. The predicted molar refractivity (Wildman–Crippen MR) is 124 cm³/mol. The van der Waals surface area contributed by atoms with E-state index in [4.69, 9.17) is 4.74 Å². The first-order valence-electron chi connectivity index (χ1n) is 11.5. The summed E-state index contributed by atoms with van der Waals surface area (Å²) >= 11 is 0. The van der Waals surface area contributed by atoms with E-state index in [9.17, 15) is 14.7 Å². The molecule has 2 amide bonds. The minimum atomic E-state index is -0.973. The largest absolute Gasteiger partial charge is 0.494 e. The van der Waals surface area contributed by atoms with Gasteiger partial charge in [0.1, 0.15) is 5.75 Å². The zero-order valence-corrected chi connectivity index (χ0v) is 18.6. The second kappa shape index (κ2) is 7.03. The Morgan fingerprint density at radius 1 is 0.909 bits per heavy atom. The number of aliphatic hydroxyl groups excluding tert-OH is 1. The minimum Gasteiger partial charge on any atom is -0.494 e. The van der Waals surface area contributed by atoms with E-state index in [-0.39, 0.29) is 17.7 Å². The molecule has 1 N–H and O–H groups in total. The monoisotopic (exact) mass is 439 g/mol. The number of carbonyl (C=O) groups is 2. The summed E-state index contributed by atoms with van der Waals surface area (Å²) in [5.74, 6) is -1.18. The molecule has 4 aliphatic rings. The highest BCUT2D eigenvalue weighted by Gasteiger charge is 2.69. The maximum absolute atomic E-state index is 14.0. The summed E-state index contributed by atoms with van der Waals surface area (Å²) in [5, 5.41) is 11.4. The molecule has 3 aliphatic carbocycles. The lowest BCUT2D eigenvalue weighted by molar-refractivity contribution is -0.126. The molecule has 0 aromatic heterocycles. The van der Waals surface area contributed by atoms with Crippen LogP contribution in [0.2, 0.25) is 0 Å². The van der Waals surface area contributed by atoms with E-state index >= 15 is 0 Å². The van der Waals surface area contributed by atoms with Crippen molar-refractivity contribution in [3.63, 3.8) is 0 Å². The van der Waals surface area contributed by atoms with Crippen molar-refractivity contribution in [2.24, 2.45) is 11.8 Å². The Labute approximate surface area is 192 Å². The molecule has 3 aromatic rings. The maximum Gasteiger partial charge on any atom is 0.239 e. The van der Waals surface area contributed by atoms with Gasteiger partial charge in [-0.2, -0.15) is 0 Å². The Morgan fingerprint density at radius 3 is 2.03 bits per heavy atom. The van der Waals surface area contributed by atoms with Gasteiger partial charge in [-0.1, -0.05) is 48.5 Å². The number of aliphatic hydroxyl groups is 1. The van der Waals surface area contributed by atoms with Gasteiger partial charge in [0.15, 0.2) is 0 Å². The minimum absolute atomic E-state index is 0.201. The first-order chi connectivity index (χ1) is 16.0. The average Bonchev–Trinajstić information content (AvgIpc) is 3.10. The van der Waals surface area contributed by atoms with Gasteiger partial charge in [0.25, 0.3) is 0 Å². The first-order valence-corrected chi connectivity index (χ1v) is 11.5. The number of nitrogens with zero attached hydrogens (tertiary/aromatic N) is 1. The molecule has 166 valence electrons. The smallest absolute Gasteiger partial charge is 0.239 e. The molecule has 1 saturated heterocycles. The van der Waals surface area contributed by atoms with Crippen LogP contribution >= 0.6 is 0 Å². The fraction of sp³-hybridized carbons (Fsp3) is 0.286. The SMILES string of the molecule is CCOc1ccc(N2C(=O)[C@@H]3C4c5ccccc5C([C@H](C)O)(c5ccccc54)[C@H]3C2=O)cc1. The third kappa shape index (κ3) is 2.40. The molecular formula is C28H25NO4. The highest BCUT2D eigenvalue weighted by atomic mass is 16.5. The summed E-state index contributed by atoms with van der Waals surface area (Å²) in [6, 6.07) is 23.0. The van der Waals surface area contributed by atoms with Crippen molar-refractivity contribution in [2.45, 2.75) is 31.3 Å². The van der Waals surface area contributed by atoms with Crippen LogP contribution in [0.3, 0.4) is 0 Å². The van der Waals surface area contributed by atoms with E-state index in [1.165, 1.54) is 4.90 Å². The van der Waals surface area contributed by atoms with Gasteiger partial charge in [-0.15, -0.1) is 0 Å². The summed E-state index contributed by atoms with van der Waals surface area (Å²) in [5.41, 5.74) is 3.55. The van der Waals surface area contributed by atoms with E-state index in [1.807, 2.05) is 55.5 Å². The Kier molecular flexibility index (Phi) is 4.30. The Hall–Kier alpha value is -3.44. The fourth-order valence-electron chi connectivity index (χ4n) is 6.65. The van der Waals surface area contributed by atoms with Gasteiger partial charge in [0.05, 0.1) is 35.6 Å². The standard InChI is InChI=1S/C28H25NO4/c1-3-33-18-14-12-17(13-15-18)29-26(31)24-23-19-8-4-6-10-21(19)28(16(2)30,25(24)27(29)32)22-11-7-5-9-20(22)23/h4-16,23-25,30H,3H2,1-2H3/t16-,23?,24+,25+,28?/m0/s1. The van der Waals surface area contributed by atoms with Gasteiger partial charge in [0, 0.05) is 5.92 Å². The van der Waals surface area contributed by atoms with Crippen LogP contribution in [0.15, 0.2) is 72.8 Å². The number of carbonyl (C=O) groups excluding carboxylic acids is 2. The molecule has 3 atom stereocenters. The van der Waals surface area contributed by atoms with Gasteiger partial charge in [0.2, 0.25) is 11.8 Å². The third-order valence-electron chi connectivity index (χ3n) is 7.75. The zero-order valence-electron chi connectivity index (χ0n) is 18.6. The van der Waals surface area contributed by atoms with Gasteiger partial charge in [-0.3, -0.25) is 9.59 Å². The van der Waals surface area contributed by atoms with Crippen LogP contribution in [-0.2, 0) is 15.0 Å². The van der Waals surface area contributed by atoms with Crippen molar-refractivity contribution < 1.29 is 19.4 Å². The highest BCUT2D eigenvalue weighted by molar-refractivity contribution is 6.23. The lowest BCUT2D eigenvalue weighted by atomic mass is 9.46. The number of rotatable bonds is 4. The van der Waals surface area contributed by atoms with Crippen LogP contribution in [0.5, 0.6) is 5.75 Å². The van der Waals surface area contributed by atoms with Gasteiger partial charge >= 0.3 is 0 Å². The molecule has 1 fully saturated rings. The van der Waals surface area contributed by atoms with Crippen molar-refractivity contribution in [1.29, 1.82) is 0 Å². The summed E-state index contributed by atoms with van der Waals surface area (Å²) in [6.45, 7) is 4.19. The lowest BCUT2D eigenvalue weighted by Crippen LogP contribution is -2.58. The molecular weight excluding hydrogens is 414 g/mol. The molecule has 0 unspecified atom stereocenters. The van der Waals surface area contributed by atoms with Crippen molar-refractivity contribution in [3.8, 4) is 5.75 Å². The molecule has 7 rings (SSSR count). The number of benzene rings is 3. The normalized spacial score (nSPS) is 27.7. The Balaban J connectivity index is 1.58. The predicted octanol–water partition coefficient (Wildman–Crippen LogP) is 4.02. The first kappa shape index (κ1) is 20.2. The molecule has 5 nitrogen and oxygen atoms in total. The van der Waals surface area contributed by atoms with Crippen molar-refractivity contribution in [1.82, 2.24) is 0 Å². The summed E-state index contributed by atoms with van der Waals surface area (Å²) in [4.78, 5) is 29.3. The van der Waals surface area contributed by atoms with Crippen LogP contribution in [0, 0.1) is 11.8 Å². The third-order valence-corrected chi connectivity index (χ3v) is 7.75. The van der Waals surface area contributed by atoms with Gasteiger partial charge in [-0.25, -0.2) is 4.90 Å². The molecule has 0 spiro atoms. The maximum atomic E-state index is 14.0. The van der Waals surface area contributed by atoms with E-state index in [0.717, 1.165) is 22.3 Å². The second-order valence-corrected chi connectivity index (χ2v) is 9.14. The number of amides is 2. The second-order valence-electron chi connectivity index (χ2n) is 9.14. The molecule has 33 heavy (non-hydrogen) atoms. The van der Waals surface area contributed by atoms with Crippen LogP contribution in [0.4, 0.5) is 5.69 Å². The quantitative estimate of drug-likeness (QED) is 0.624. The summed E-state index contributed by atoms with van der Waals surface area (Å²) in [6.07, 6.45) is -0.856. The van der Waals surface area contributed by atoms with Crippen LogP contribution < -0.4 is 9.64 Å². The van der Waals surface area contributed by atoms with Crippen molar-refractivity contribution >= 4 is 17.5 Å². The fourth-order valence-corrected chi connectivity index (χ4v) is 6.65. The van der Waals surface area contributed by atoms with E-state index in [0.29, 0.717) is 18.0 Å². The average molecular weight is 440 g/mol. The zero-order chi connectivity index (χ0) is 22.9. The van der Waals surface area contributed by atoms with Gasteiger partial charge < -0.3 is 9.84 Å². The lowest BCUT2D eigenvalue weighted by Gasteiger charge is -2.55. The van der Waals surface area contributed by atoms with Crippen LogP contribution in [0.1, 0.15) is 42.0 Å². The van der Waals surface area contributed by atoms with Crippen LogP contribution in [0.25, 0.3) is 0 Å². The van der Waals surface area contributed by atoms with E-state index in [1.54, 1.807) is 31.2 Å². The highest BCUT2D eigenvalue weighted by Crippen LogP contribution is 2.65. The van der Waals surface area contributed by atoms with Crippen molar-refractivity contribution in [3.05, 3.63) is 95.1 Å². The van der Waals surface area contributed by atoms with E-state index in [2.05, 4.69) is 0 Å². The molecule has 1 aliphatic heterocycles. The summed E-state index contributed by atoms with van der Waals surface area (Å²) < 4.78 is 5.53. The topological polar surface area (TPSA) is 66.8 Å². The molecule has 5 heteroatoms. The van der Waals surface area contributed by atoms with Gasteiger partial charge in [-0.05, 0) is 60.4 Å². The summed E-state index contributed by atoms with van der Waals surface area (Å²) in [7, 11) is 0. The molecule has 2 bridgehead atoms. The molecule has 1 heterocycles. The van der Waals surface area contributed by atoms with Crippen molar-refractivity contribution in [2.75, 3.05) is 11.5 Å².